The number of rotatable bonds is 1. The fourth-order valence-corrected chi connectivity index (χ4v) is 2.95. The number of hydrogen-bond donors (Lipinski definition) is 1. The molecule has 1 N–H and O–H groups in total. The summed E-state index contributed by atoms with van der Waals surface area (Å²) < 4.78 is 28.7. The molecule has 0 saturated carbocycles. The quantitative estimate of drug-likeness (QED) is 0.716. The van der Waals surface area contributed by atoms with Crippen LogP contribution in [0, 0.1) is 11.6 Å². The average molecular weight is 270 g/mol. The van der Waals surface area contributed by atoms with Crippen LogP contribution >= 0.6 is 0 Å². The van der Waals surface area contributed by atoms with Crippen molar-refractivity contribution in [1.82, 2.24) is 9.88 Å². The Kier molecular flexibility index (Phi) is 2.41. The smallest absolute Gasteiger partial charge is 0.123 e. The lowest BCUT2D eigenvalue weighted by Crippen LogP contribution is -2.06. The highest BCUT2D eigenvalue weighted by atomic mass is 19.1. The van der Waals surface area contributed by atoms with E-state index in [0.717, 1.165) is 40.9 Å². The molecule has 2 heterocycles. The highest BCUT2D eigenvalue weighted by Crippen LogP contribution is 2.32. The molecule has 0 amide bonds. The predicted octanol–water partition coefficient (Wildman–Crippen LogP) is 3.51. The van der Waals surface area contributed by atoms with Crippen LogP contribution in [0.2, 0.25) is 0 Å². The summed E-state index contributed by atoms with van der Waals surface area (Å²) in [6, 6.07) is 11.2. The van der Waals surface area contributed by atoms with Crippen molar-refractivity contribution < 1.29 is 8.78 Å². The van der Waals surface area contributed by atoms with Gasteiger partial charge >= 0.3 is 0 Å². The number of fused-ring (bicyclic) bond motifs is 3. The first kappa shape index (κ1) is 11.6. The highest BCUT2D eigenvalue weighted by molar-refractivity contribution is 5.88. The second-order valence-corrected chi connectivity index (χ2v) is 5.00. The summed E-state index contributed by atoms with van der Waals surface area (Å²) in [5, 5.41) is 4.21. The third-order valence-corrected chi connectivity index (χ3v) is 3.82. The third-order valence-electron chi connectivity index (χ3n) is 3.82. The van der Waals surface area contributed by atoms with Gasteiger partial charge in [-0.15, -0.1) is 0 Å². The Morgan fingerprint density at radius 3 is 2.45 bits per heavy atom. The van der Waals surface area contributed by atoms with Gasteiger partial charge in [0.1, 0.15) is 11.6 Å². The van der Waals surface area contributed by atoms with Crippen LogP contribution in [-0.2, 0) is 13.1 Å². The van der Waals surface area contributed by atoms with Crippen molar-refractivity contribution in [3.63, 3.8) is 0 Å². The fraction of sp³-hybridized carbons (Fsp3) is 0.125. The van der Waals surface area contributed by atoms with E-state index in [4.69, 9.17) is 0 Å². The molecular formula is C16H12F2N2. The summed E-state index contributed by atoms with van der Waals surface area (Å²) in [4.78, 5) is 0. The maximum atomic E-state index is 13.5. The van der Waals surface area contributed by atoms with Crippen molar-refractivity contribution in [3.8, 4) is 5.69 Å². The van der Waals surface area contributed by atoms with Crippen LogP contribution in [0.5, 0.6) is 0 Å². The van der Waals surface area contributed by atoms with Crippen LogP contribution in [0.3, 0.4) is 0 Å². The van der Waals surface area contributed by atoms with Crippen LogP contribution in [0.25, 0.3) is 16.6 Å². The van der Waals surface area contributed by atoms with E-state index in [1.165, 1.54) is 18.2 Å². The van der Waals surface area contributed by atoms with Gasteiger partial charge in [-0.2, -0.15) is 0 Å². The maximum absolute atomic E-state index is 13.5. The Morgan fingerprint density at radius 2 is 1.65 bits per heavy atom. The molecule has 0 aliphatic carbocycles. The lowest BCUT2D eigenvalue weighted by Gasteiger charge is -2.09. The molecule has 2 aromatic carbocycles. The molecule has 20 heavy (non-hydrogen) atoms. The van der Waals surface area contributed by atoms with E-state index in [-0.39, 0.29) is 11.6 Å². The molecule has 0 spiro atoms. The van der Waals surface area contributed by atoms with Crippen molar-refractivity contribution in [3.05, 3.63) is 65.4 Å². The van der Waals surface area contributed by atoms with E-state index in [0.29, 0.717) is 0 Å². The molecule has 0 radical (unpaired) electrons. The molecule has 0 fully saturated rings. The van der Waals surface area contributed by atoms with Gasteiger partial charge in [0, 0.05) is 29.9 Å². The number of nitrogens with zero attached hydrogens (tertiary/aromatic N) is 1. The first-order valence-electron chi connectivity index (χ1n) is 6.52. The fourth-order valence-electron chi connectivity index (χ4n) is 2.95. The summed E-state index contributed by atoms with van der Waals surface area (Å²) in [7, 11) is 0. The van der Waals surface area contributed by atoms with Crippen LogP contribution in [0.15, 0.2) is 42.5 Å². The molecule has 1 aliphatic rings. The summed E-state index contributed by atoms with van der Waals surface area (Å²) >= 11 is 0. The molecular weight excluding hydrogens is 258 g/mol. The molecule has 0 atom stereocenters. The molecule has 0 saturated heterocycles. The van der Waals surface area contributed by atoms with E-state index in [9.17, 15) is 8.78 Å². The summed E-state index contributed by atoms with van der Waals surface area (Å²) in [6.07, 6.45) is 0. The molecule has 100 valence electrons. The molecule has 1 aromatic heterocycles. The number of benzene rings is 2. The van der Waals surface area contributed by atoms with Crippen LogP contribution in [0.1, 0.15) is 11.3 Å². The van der Waals surface area contributed by atoms with Gasteiger partial charge in [0.2, 0.25) is 0 Å². The third kappa shape index (κ3) is 1.58. The van der Waals surface area contributed by atoms with Crippen molar-refractivity contribution in [1.29, 1.82) is 0 Å². The van der Waals surface area contributed by atoms with Gasteiger partial charge in [0.25, 0.3) is 0 Å². The largest absolute Gasteiger partial charge is 0.312 e. The van der Waals surface area contributed by atoms with Crippen molar-refractivity contribution in [2.75, 3.05) is 0 Å². The zero-order valence-corrected chi connectivity index (χ0v) is 10.7. The lowest BCUT2D eigenvalue weighted by molar-refractivity contribution is 0.627. The second-order valence-electron chi connectivity index (χ2n) is 5.00. The van der Waals surface area contributed by atoms with Gasteiger partial charge in [-0.05, 0) is 48.0 Å². The molecule has 0 unspecified atom stereocenters. The molecule has 3 aromatic rings. The highest BCUT2D eigenvalue weighted by Gasteiger charge is 2.22. The Labute approximate surface area is 114 Å². The zero-order chi connectivity index (χ0) is 13.7. The number of nitrogens with one attached hydrogen (secondary N) is 1. The molecule has 2 nitrogen and oxygen atoms in total. The van der Waals surface area contributed by atoms with Crippen LogP contribution in [0.4, 0.5) is 8.78 Å². The summed E-state index contributed by atoms with van der Waals surface area (Å²) in [5.74, 6) is -0.491. The van der Waals surface area contributed by atoms with E-state index < -0.39 is 0 Å². The van der Waals surface area contributed by atoms with Gasteiger partial charge < -0.3 is 9.88 Å². The minimum atomic E-state index is -0.258. The first-order chi connectivity index (χ1) is 9.74. The van der Waals surface area contributed by atoms with Crippen molar-refractivity contribution in [2.45, 2.75) is 13.1 Å². The summed E-state index contributed by atoms with van der Waals surface area (Å²) in [5.41, 5.74) is 4.11. The van der Waals surface area contributed by atoms with Gasteiger partial charge in [0.05, 0.1) is 5.52 Å². The predicted molar refractivity (Wildman–Crippen MR) is 73.7 cm³/mol. The van der Waals surface area contributed by atoms with E-state index in [2.05, 4.69) is 9.88 Å². The van der Waals surface area contributed by atoms with E-state index in [1.54, 1.807) is 24.3 Å². The van der Waals surface area contributed by atoms with E-state index in [1.807, 2.05) is 0 Å². The van der Waals surface area contributed by atoms with Gasteiger partial charge in [0.15, 0.2) is 0 Å². The van der Waals surface area contributed by atoms with Gasteiger partial charge in [-0.25, -0.2) is 8.78 Å². The Bertz CT molecular complexity index is 803. The second kappa shape index (κ2) is 4.15. The van der Waals surface area contributed by atoms with Gasteiger partial charge in [-0.3, -0.25) is 0 Å². The molecule has 4 heteroatoms. The topological polar surface area (TPSA) is 17.0 Å². The maximum Gasteiger partial charge on any atom is 0.123 e. The van der Waals surface area contributed by atoms with Gasteiger partial charge in [-0.1, -0.05) is 0 Å². The average Bonchev–Trinajstić information content (AvgIpc) is 3.01. The van der Waals surface area contributed by atoms with Crippen molar-refractivity contribution in [2.24, 2.45) is 0 Å². The SMILES string of the molecule is Fc1ccc(-n2c3c(c4cc(F)ccc42)CNC3)cc1. The zero-order valence-electron chi connectivity index (χ0n) is 10.7. The number of hydrogen-bond acceptors (Lipinski definition) is 1. The van der Waals surface area contributed by atoms with Crippen molar-refractivity contribution >= 4 is 10.9 Å². The Morgan fingerprint density at radius 1 is 0.900 bits per heavy atom. The van der Waals surface area contributed by atoms with E-state index >= 15 is 0 Å². The normalized spacial score (nSPS) is 13.9. The monoisotopic (exact) mass is 270 g/mol. The Balaban J connectivity index is 2.06. The molecule has 4 rings (SSSR count). The molecule has 1 aliphatic heterocycles. The summed E-state index contributed by atoms with van der Waals surface area (Å²) in [6.45, 7) is 1.48. The Hall–Kier alpha value is -2.20. The minimum absolute atomic E-state index is 0.233. The minimum Gasteiger partial charge on any atom is -0.312 e. The molecule has 0 bridgehead atoms. The number of halogens is 2. The van der Waals surface area contributed by atoms with Crippen LogP contribution in [-0.4, -0.2) is 4.57 Å². The lowest BCUT2D eigenvalue weighted by atomic mass is 10.1. The standard InChI is InChI=1S/C16H12F2N2/c17-10-1-4-12(5-2-10)20-15-6-3-11(18)7-13(15)14-8-19-9-16(14)20/h1-7,19H,8-9H2. The first-order valence-corrected chi connectivity index (χ1v) is 6.52. The van der Waals surface area contributed by atoms with Crippen LogP contribution < -0.4 is 5.32 Å². The number of aromatic nitrogens is 1.